The molecule has 0 unspecified atom stereocenters. The summed E-state index contributed by atoms with van der Waals surface area (Å²) in [5, 5.41) is 2.92. The minimum Gasteiger partial charge on any atom is -0.361 e. The third-order valence-electron chi connectivity index (χ3n) is 0.974. The van der Waals surface area contributed by atoms with Gasteiger partial charge in [-0.15, -0.1) is 0 Å². The zero-order valence-corrected chi connectivity index (χ0v) is 6.93. The molecule has 0 aliphatic rings. The Hall–Kier alpha value is -0.830. The fraction of sp³-hybridized carbons (Fsp3) is 0. The summed E-state index contributed by atoms with van der Waals surface area (Å²) in [5.41, 5.74) is 0.935. The van der Waals surface area contributed by atoms with Gasteiger partial charge in [0.15, 0.2) is 0 Å². The summed E-state index contributed by atoms with van der Waals surface area (Å²) in [5.74, 6) is 0. The SMILES string of the molecule is C=CNc1cncc(Br)c1. The highest BCUT2D eigenvalue weighted by molar-refractivity contribution is 9.10. The largest absolute Gasteiger partial charge is 0.361 e. The maximum atomic E-state index is 3.95. The minimum absolute atomic E-state index is 0.935. The van der Waals surface area contributed by atoms with Crippen LogP contribution >= 0.6 is 15.9 Å². The van der Waals surface area contributed by atoms with Gasteiger partial charge >= 0.3 is 0 Å². The van der Waals surface area contributed by atoms with E-state index in [1.54, 1.807) is 18.6 Å². The molecule has 1 aromatic rings. The number of rotatable bonds is 2. The monoisotopic (exact) mass is 198 g/mol. The van der Waals surface area contributed by atoms with E-state index >= 15 is 0 Å². The van der Waals surface area contributed by atoms with Crippen LogP contribution in [-0.4, -0.2) is 4.98 Å². The van der Waals surface area contributed by atoms with Crippen LogP contribution in [0.15, 0.2) is 35.7 Å². The maximum Gasteiger partial charge on any atom is 0.0577 e. The number of pyridine rings is 1. The van der Waals surface area contributed by atoms with Gasteiger partial charge in [0.25, 0.3) is 0 Å². The highest BCUT2D eigenvalue weighted by Crippen LogP contribution is 2.12. The van der Waals surface area contributed by atoms with Crippen LogP contribution in [0.3, 0.4) is 0 Å². The summed E-state index contributed by atoms with van der Waals surface area (Å²) in [6.07, 6.45) is 5.07. The Morgan fingerprint density at radius 2 is 2.40 bits per heavy atom. The molecule has 0 saturated carbocycles. The molecule has 3 heteroatoms. The molecule has 0 spiro atoms. The van der Waals surface area contributed by atoms with Crippen LogP contribution < -0.4 is 5.32 Å². The van der Waals surface area contributed by atoms with Crippen molar-refractivity contribution < 1.29 is 0 Å². The average molecular weight is 199 g/mol. The van der Waals surface area contributed by atoms with Gasteiger partial charge in [0.2, 0.25) is 0 Å². The number of aromatic nitrogens is 1. The summed E-state index contributed by atoms with van der Waals surface area (Å²) in [6, 6.07) is 1.93. The van der Waals surface area contributed by atoms with Gasteiger partial charge in [-0.3, -0.25) is 4.98 Å². The molecule has 0 bridgehead atoms. The maximum absolute atomic E-state index is 3.95. The zero-order valence-electron chi connectivity index (χ0n) is 5.34. The molecule has 0 fully saturated rings. The van der Waals surface area contributed by atoms with E-state index < -0.39 is 0 Å². The molecule has 1 heterocycles. The first kappa shape index (κ1) is 7.28. The molecule has 1 N–H and O–H groups in total. The molecule has 1 rings (SSSR count). The van der Waals surface area contributed by atoms with Crippen LogP contribution in [0.1, 0.15) is 0 Å². The molecule has 10 heavy (non-hydrogen) atoms. The molecule has 0 amide bonds. The van der Waals surface area contributed by atoms with Gasteiger partial charge in [0.05, 0.1) is 11.9 Å². The number of hydrogen-bond acceptors (Lipinski definition) is 2. The van der Waals surface area contributed by atoms with Crippen LogP contribution in [-0.2, 0) is 0 Å². The highest BCUT2D eigenvalue weighted by atomic mass is 79.9. The van der Waals surface area contributed by atoms with Crippen molar-refractivity contribution in [1.29, 1.82) is 0 Å². The first-order valence-corrected chi connectivity index (χ1v) is 3.60. The Morgan fingerprint density at radius 3 is 3.00 bits per heavy atom. The van der Waals surface area contributed by atoms with E-state index in [9.17, 15) is 0 Å². The van der Waals surface area contributed by atoms with Crippen molar-refractivity contribution >= 4 is 21.6 Å². The Bertz CT molecular complexity index is 235. The minimum atomic E-state index is 0.935. The van der Waals surface area contributed by atoms with Crippen molar-refractivity contribution in [3.63, 3.8) is 0 Å². The molecule has 1 aromatic heterocycles. The van der Waals surface area contributed by atoms with Crippen molar-refractivity contribution in [2.45, 2.75) is 0 Å². The van der Waals surface area contributed by atoms with Crippen LogP contribution in [0.5, 0.6) is 0 Å². The van der Waals surface area contributed by atoms with Gasteiger partial charge in [0, 0.05) is 10.7 Å². The third kappa shape index (κ3) is 1.84. The number of halogens is 1. The van der Waals surface area contributed by atoms with Crippen molar-refractivity contribution in [2.75, 3.05) is 5.32 Å². The molecule has 0 aromatic carbocycles. The second-order valence-corrected chi connectivity index (χ2v) is 2.66. The summed E-state index contributed by atoms with van der Waals surface area (Å²) in [4.78, 5) is 3.95. The van der Waals surface area contributed by atoms with Gasteiger partial charge in [-0.1, -0.05) is 6.58 Å². The summed E-state index contributed by atoms with van der Waals surface area (Å²) >= 11 is 3.30. The average Bonchev–Trinajstić information content (AvgIpc) is 1.88. The lowest BCUT2D eigenvalue weighted by Gasteiger charge is -1.97. The first-order chi connectivity index (χ1) is 4.83. The molecule has 0 aliphatic carbocycles. The molecule has 0 atom stereocenters. The van der Waals surface area contributed by atoms with Crippen molar-refractivity contribution in [3.05, 3.63) is 35.7 Å². The second-order valence-electron chi connectivity index (χ2n) is 1.74. The number of anilines is 1. The quantitative estimate of drug-likeness (QED) is 0.790. The fourth-order valence-electron chi connectivity index (χ4n) is 0.609. The van der Waals surface area contributed by atoms with Crippen molar-refractivity contribution in [3.8, 4) is 0 Å². The molecular formula is C7H7BrN2. The lowest BCUT2D eigenvalue weighted by molar-refractivity contribution is 1.30. The first-order valence-electron chi connectivity index (χ1n) is 2.81. The van der Waals surface area contributed by atoms with E-state index in [1.165, 1.54) is 0 Å². The van der Waals surface area contributed by atoms with E-state index in [4.69, 9.17) is 0 Å². The van der Waals surface area contributed by atoms with Gasteiger partial charge in [-0.05, 0) is 28.2 Å². The number of nitrogens with zero attached hydrogens (tertiary/aromatic N) is 1. The third-order valence-corrected chi connectivity index (χ3v) is 1.41. The molecular weight excluding hydrogens is 192 g/mol. The standard InChI is InChI=1S/C7H7BrN2/c1-2-10-7-3-6(8)4-9-5-7/h2-5,10H,1H2. The van der Waals surface area contributed by atoms with Crippen molar-refractivity contribution in [2.24, 2.45) is 0 Å². The highest BCUT2D eigenvalue weighted by Gasteiger charge is 1.88. The number of nitrogens with one attached hydrogen (secondary N) is 1. The van der Waals surface area contributed by atoms with E-state index in [1.807, 2.05) is 6.07 Å². The van der Waals surface area contributed by atoms with Gasteiger partial charge in [-0.2, -0.15) is 0 Å². The summed E-state index contributed by atoms with van der Waals surface area (Å²) in [7, 11) is 0. The topological polar surface area (TPSA) is 24.9 Å². The van der Waals surface area contributed by atoms with Crippen LogP contribution in [0.4, 0.5) is 5.69 Å². The zero-order chi connectivity index (χ0) is 7.40. The summed E-state index contributed by atoms with van der Waals surface area (Å²) < 4.78 is 0.958. The van der Waals surface area contributed by atoms with Crippen LogP contribution in [0.25, 0.3) is 0 Å². The van der Waals surface area contributed by atoms with E-state index in [0.29, 0.717) is 0 Å². The Kier molecular flexibility index (Phi) is 2.45. The van der Waals surface area contributed by atoms with Crippen LogP contribution in [0, 0.1) is 0 Å². The molecule has 0 aliphatic heterocycles. The van der Waals surface area contributed by atoms with Gasteiger partial charge in [-0.25, -0.2) is 0 Å². The van der Waals surface area contributed by atoms with Crippen LogP contribution in [0.2, 0.25) is 0 Å². The fourth-order valence-corrected chi connectivity index (χ4v) is 0.973. The van der Waals surface area contributed by atoms with E-state index in [0.717, 1.165) is 10.2 Å². The predicted molar refractivity (Wildman–Crippen MR) is 45.8 cm³/mol. The summed E-state index contributed by atoms with van der Waals surface area (Å²) in [6.45, 7) is 3.53. The molecule has 0 saturated heterocycles. The molecule has 52 valence electrons. The number of hydrogen-bond donors (Lipinski definition) is 1. The molecule has 2 nitrogen and oxygen atoms in total. The Balaban J connectivity index is 2.84. The van der Waals surface area contributed by atoms with Gasteiger partial charge < -0.3 is 5.32 Å². The predicted octanol–water partition coefficient (Wildman–Crippen LogP) is 2.40. The normalized spacial score (nSPS) is 8.90. The molecule has 0 radical (unpaired) electrons. The van der Waals surface area contributed by atoms with Gasteiger partial charge in [0.1, 0.15) is 0 Å². The Morgan fingerprint density at radius 1 is 1.60 bits per heavy atom. The van der Waals surface area contributed by atoms with Crippen molar-refractivity contribution in [1.82, 2.24) is 4.98 Å². The second kappa shape index (κ2) is 3.37. The van der Waals surface area contributed by atoms with E-state index in [-0.39, 0.29) is 0 Å². The Labute approximate surface area is 68.1 Å². The van der Waals surface area contributed by atoms with E-state index in [2.05, 4.69) is 32.8 Å². The smallest absolute Gasteiger partial charge is 0.0577 e. The lowest BCUT2D eigenvalue weighted by Crippen LogP contribution is -1.86. The lowest BCUT2D eigenvalue weighted by atomic mass is 10.4.